The Morgan fingerprint density at radius 3 is 3.00 bits per heavy atom. The molecular formula is C12H19BrN2S. The molecule has 1 aromatic heterocycles. The molecule has 1 fully saturated rings. The number of rotatable bonds is 3. The Labute approximate surface area is 110 Å². The Kier molecular flexibility index (Phi) is 4.41. The van der Waals surface area contributed by atoms with Crippen molar-refractivity contribution in [2.24, 2.45) is 5.73 Å². The van der Waals surface area contributed by atoms with Crippen LogP contribution in [0, 0.1) is 0 Å². The van der Waals surface area contributed by atoms with Gasteiger partial charge in [0.25, 0.3) is 0 Å². The second-order valence-electron chi connectivity index (χ2n) is 4.73. The van der Waals surface area contributed by atoms with E-state index in [0.29, 0.717) is 12.1 Å². The molecule has 2 atom stereocenters. The highest BCUT2D eigenvalue weighted by Crippen LogP contribution is 2.25. The van der Waals surface area contributed by atoms with Crippen molar-refractivity contribution in [1.29, 1.82) is 0 Å². The molecule has 1 aromatic rings. The topological polar surface area (TPSA) is 29.3 Å². The molecule has 0 bridgehead atoms. The molecule has 1 aliphatic rings. The zero-order valence-electron chi connectivity index (χ0n) is 9.66. The molecule has 0 radical (unpaired) electrons. The molecule has 0 aliphatic heterocycles. The molecule has 1 saturated carbocycles. The summed E-state index contributed by atoms with van der Waals surface area (Å²) >= 11 is 5.32. The Hall–Kier alpha value is 0.1000. The highest BCUT2D eigenvalue weighted by Gasteiger charge is 2.22. The summed E-state index contributed by atoms with van der Waals surface area (Å²) in [5, 5.41) is 2.15. The maximum absolute atomic E-state index is 6.03. The van der Waals surface area contributed by atoms with Crippen molar-refractivity contribution < 1.29 is 0 Å². The van der Waals surface area contributed by atoms with Gasteiger partial charge in [-0.1, -0.05) is 6.42 Å². The molecule has 90 valence electrons. The first-order valence-corrected chi connectivity index (χ1v) is 7.51. The SMILES string of the molecule is CN(Cc1cc(Br)cs1)C1CCCC(N)C1. The first-order chi connectivity index (χ1) is 7.65. The van der Waals surface area contributed by atoms with Crippen molar-refractivity contribution in [3.63, 3.8) is 0 Å². The number of halogens is 1. The third-order valence-corrected chi connectivity index (χ3v) is 5.02. The molecule has 2 N–H and O–H groups in total. The van der Waals surface area contributed by atoms with E-state index in [1.807, 2.05) is 11.3 Å². The minimum atomic E-state index is 0.413. The monoisotopic (exact) mass is 302 g/mol. The molecule has 2 rings (SSSR count). The van der Waals surface area contributed by atoms with Crippen LogP contribution in [-0.4, -0.2) is 24.0 Å². The van der Waals surface area contributed by atoms with E-state index in [9.17, 15) is 0 Å². The quantitative estimate of drug-likeness (QED) is 0.929. The van der Waals surface area contributed by atoms with Crippen molar-refractivity contribution in [2.45, 2.75) is 44.3 Å². The predicted molar refractivity (Wildman–Crippen MR) is 73.7 cm³/mol. The molecule has 0 aromatic carbocycles. The zero-order valence-corrected chi connectivity index (χ0v) is 12.1. The summed E-state index contributed by atoms with van der Waals surface area (Å²) in [4.78, 5) is 3.88. The maximum Gasteiger partial charge on any atom is 0.0328 e. The van der Waals surface area contributed by atoms with Crippen molar-refractivity contribution in [1.82, 2.24) is 4.90 Å². The van der Waals surface area contributed by atoms with E-state index in [-0.39, 0.29) is 0 Å². The summed E-state index contributed by atoms with van der Waals surface area (Å²) in [7, 11) is 2.22. The second-order valence-corrected chi connectivity index (χ2v) is 6.64. The molecule has 1 heterocycles. The minimum absolute atomic E-state index is 0.413. The van der Waals surface area contributed by atoms with Gasteiger partial charge < -0.3 is 5.73 Å². The van der Waals surface area contributed by atoms with E-state index in [4.69, 9.17) is 5.73 Å². The van der Waals surface area contributed by atoms with Crippen molar-refractivity contribution in [3.05, 3.63) is 20.8 Å². The van der Waals surface area contributed by atoms with E-state index in [0.717, 1.165) is 13.0 Å². The van der Waals surface area contributed by atoms with E-state index < -0.39 is 0 Å². The molecule has 4 heteroatoms. The predicted octanol–water partition coefficient (Wildman–Crippen LogP) is 3.21. The Morgan fingerprint density at radius 2 is 2.38 bits per heavy atom. The fourth-order valence-electron chi connectivity index (χ4n) is 2.41. The summed E-state index contributed by atoms with van der Waals surface area (Å²) < 4.78 is 1.20. The highest BCUT2D eigenvalue weighted by atomic mass is 79.9. The van der Waals surface area contributed by atoms with E-state index >= 15 is 0 Å². The van der Waals surface area contributed by atoms with Gasteiger partial charge in [0.1, 0.15) is 0 Å². The second kappa shape index (κ2) is 5.63. The lowest BCUT2D eigenvalue weighted by Gasteiger charge is -2.33. The van der Waals surface area contributed by atoms with Crippen LogP contribution in [0.2, 0.25) is 0 Å². The number of thiophene rings is 1. The van der Waals surface area contributed by atoms with Crippen LogP contribution in [0.3, 0.4) is 0 Å². The lowest BCUT2D eigenvalue weighted by Crippen LogP contribution is -2.40. The van der Waals surface area contributed by atoms with E-state index in [1.165, 1.54) is 28.6 Å². The van der Waals surface area contributed by atoms with Crippen molar-refractivity contribution in [2.75, 3.05) is 7.05 Å². The minimum Gasteiger partial charge on any atom is -0.328 e. The van der Waals surface area contributed by atoms with Gasteiger partial charge in [0.05, 0.1) is 0 Å². The van der Waals surface area contributed by atoms with Gasteiger partial charge in [-0.3, -0.25) is 4.90 Å². The summed E-state index contributed by atoms with van der Waals surface area (Å²) in [5.74, 6) is 0. The van der Waals surface area contributed by atoms with Crippen LogP contribution in [-0.2, 0) is 6.54 Å². The first-order valence-electron chi connectivity index (χ1n) is 5.84. The maximum atomic E-state index is 6.03. The third-order valence-electron chi connectivity index (χ3n) is 3.34. The zero-order chi connectivity index (χ0) is 11.5. The Morgan fingerprint density at radius 1 is 1.56 bits per heavy atom. The fraction of sp³-hybridized carbons (Fsp3) is 0.667. The van der Waals surface area contributed by atoms with Gasteiger partial charge in [0, 0.05) is 33.4 Å². The summed E-state index contributed by atoms with van der Waals surface area (Å²) in [6.45, 7) is 1.05. The van der Waals surface area contributed by atoms with Gasteiger partial charge in [-0.15, -0.1) is 11.3 Å². The fourth-order valence-corrected chi connectivity index (χ4v) is 3.93. The molecule has 0 spiro atoms. The molecule has 0 amide bonds. The largest absolute Gasteiger partial charge is 0.328 e. The number of nitrogens with two attached hydrogens (primary N) is 1. The van der Waals surface area contributed by atoms with Gasteiger partial charge in [0.15, 0.2) is 0 Å². The molecular weight excluding hydrogens is 284 g/mol. The standard InChI is InChI=1S/C12H19BrN2S/c1-15(7-12-5-9(13)8-16-12)11-4-2-3-10(14)6-11/h5,8,10-11H,2-4,6-7,14H2,1H3. The van der Waals surface area contributed by atoms with Gasteiger partial charge in [-0.25, -0.2) is 0 Å². The van der Waals surface area contributed by atoms with Gasteiger partial charge in [-0.2, -0.15) is 0 Å². The normalized spacial score (nSPS) is 26.2. The van der Waals surface area contributed by atoms with Crippen LogP contribution in [0.1, 0.15) is 30.6 Å². The Bertz CT molecular complexity index is 340. The third kappa shape index (κ3) is 3.29. The van der Waals surface area contributed by atoms with E-state index in [2.05, 4.69) is 39.3 Å². The first kappa shape index (κ1) is 12.6. The van der Waals surface area contributed by atoms with Crippen LogP contribution in [0.5, 0.6) is 0 Å². The molecule has 16 heavy (non-hydrogen) atoms. The number of nitrogens with zero attached hydrogens (tertiary/aromatic N) is 1. The van der Waals surface area contributed by atoms with Crippen molar-refractivity contribution in [3.8, 4) is 0 Å². The highest BCUT2D eigenvalue weighted by molar-refractivity contribution is 9.10. The summed E-state index contributed by atoms with van der Waals surface area (Å²) in [5.41, 5.74) is 6.03. The van der Waals surface area contributed by atoms with Gasteiger partial charge in [-0.05, 0) is 48.3 Å². The molecule has 1 aliphatic carbocycles. The van der Waals surface area contributed by atoms with E-state index in [1.54, 1.807) is 0 Å². The molecule has 2 unspecified atom stereocenters. The number of hydrogen-bond acceptors (Lipinski definition) is 3. The van der Waals surface area contributed by atoms with Gasteiger partial charge in [0.2, 0.25) is 0 Å². The van der Waals surface area contributed by atoms with Gasteiger partial charge >= 0.3 is 0 Å². The van der Waals surface area contributed by atoms with Crippen LogP contribution in [0.25, 0.3) is 0 Å². The average molecular weight is 303 g/mol. The lowest BCUT2D eigenvalue weighted by atomic mass is 9.91. The van der Waals surface area contributed by atoms with Crippen LogP contribution in [0.4, 0.5) is 0 Å². The molecule has 2 nitrogen and oxygen atoms in total. The summed E-state index contributed by atoms with van der Waals surface area (Å²) in [6, 6.07) is 3.30. The summed E-state index contributed by atoms with van der Waals surface area (Å²) in [6.07, 6.45) is 4.94. The van der Waals surface area contributed by atoms with Crippen LogP contribution in [0.15, 0.2) is 15.9 Å². The number of hydrogen-bond donors (Lipinski definition) is 1. The molecule has 0 saturated heterocycles. The average Bonchev–Trinajstić information content (AvgIpc) is 2.64. The van der Waals surface area contributed by atoms with Crippen molar-refractivity contribution >= 4 is 27.3 Å². The van der Waals surface area contributed by atoms with Crippen LogP contribution < -0.4 is 5.73 Å². The lowest BCUT2D eigenvalue weighted by molar-refractivity contribution is 0.175. The smallest absolute Gasteiger partial charge is 0.0328 e. The Balaban J connectivity index is 1.89. The van der Waals surface area contributed by atoms with Crippen LogP contribution >= 0.6 is 27.3 Å².